The summed E-state index contributed by atoms with van der Waals surface area (Å²) in [5.74, 6) is 1.42. The Balaban J connectivity index is 2.11. The van der Waals surface area contributed by atoms with E-state index in [4.69, 9.17) is 14.5 Å². The quantitative estimate of drug-likeness (QED) is 0.566. The Morgan fingerprint density at radius 1 is 0.962 bits per heavy atom. The maximum atomic E-state index is 5.54. The number of benzene rings is 2. The van der Waals surface area contributed by atoms with Gasteiger partial charge in [0.05, 0.1) is 31.0 Å². The van der Waals surface area contributed by atoms with E-state index >= 15 is 0 Å². The summed E-state index contributed by atoms with van der Waals surface area (Å²) in [5.41, 5.74) is 3.80. The van der Waals surface area contributed by atoms with E-state index < -0.39 is 0 Å². The Morgan fingerprint density at radius 3 is 2.31 bits per heavy atom. The highest BCUT2D eigenvalue weighted by molar-refractivity contribution is 6.12. The Kier molecular flexibility index (Phi) is 4.21. The van der Waals surface area contributed by atoms with Crippen LogP contribution in [0.2, 0.25) is 0 Å². The standard InChI is InChI=1S/C21H21N3O2/c1-4-8-16-14-11-17(25-2)18(26-3)12-15(14)19-20(23-24-21(19)22-16)13-9-6-5-7-10-13/h5-7,9-12H,4,8H2,1-3H3,(H,22,23,24). The molecule has 26 heavy (non-hydrogen) atoms. The van der Waals surface area contributed by atoms with Gasteiger partial charge in [0, 0.05) is 16.3 Å². The van der Waals surface area contributed by atoms with E-state index in [0.29, 0.717) is 11.5 Å². The van der Waals surface area contributed by atoms with Gasteiger partial charge in [0.15, 0.2) is 17.1 Å². The van der Waals surface area contributed by atoms with Crippen LogP contribution < -0.4 is 9.47 Å². The molecule has 0 aliphatic carbocycles. The minimum atomic E-state index is 0.704. The first-order valence-electron chi connectivity index (χ1n) is 8.75. The molecular weight excluding hydrogens is 326 g/mol. The van der Waals surface area contributed by atoms with Crippen molar-refractivity contribution in [3.63, 3.8) is 0 Å². The van der Waals surface area contributed by atoms with Crippen molar-refractivity contribution in [1.82, 2.24) is 15.2 Å². The zero-order valence-corrected chi connectivity index (χ0v) is 15.2. The van der Waals surface area contributed by atoms with Crippen LogP contribution in [0.1, 0.15) is 19.0 Å². The predicted molar refractivity (Wildman–Crippen MR) is 104 cm³/mol. The third-order valence-electron chi connectivity index (χ3n) is 4.64. The number of fused-ring (bicyclic) bond motifs is 3. The number of hydrogen-bond acceptors (Lipinski definition) is 4. The van der Waals surface area contributed by atoms with Gasteiger partial charge >= 0.3 is 0 Å². The van der Waals surface area contributed by atoms with Gasteiger partial charge in [-0.3, -0.25) is 5.10 Å². The number of H-pyrrole nitrogens is 1. The van der Waals surface area contributed by atoms with Crippen LogP contribution in [-0.4, -0.2) is 29.4 Å². The smallest absolute Gasteiger partial charge is 0.182 e. The zero-order valence-electron chi connectivity index (χ0n) is 15.2. The maximum absolute atomic E-state index is 5.54. The Bertz CT molecular complexity index is 1070. The summed E-state index contributed by atoms with van der Waals surface area (Å²) >= 11 is 0. The molecule has 2 aromatic heterocycles. The molecule has 0 bridgehead atoms. The van der Waals surface area contributed by atoms with E-state index in [-0.39, 0.29) is 0 Å². The molecule has 2 aromatic carbocycles. The Hall–Kier alpha value is -3.08. The van der Waals surface area contributed by atoms with Gasteiger partial charge in [-0.2, -0.15) is 5.10 Å². The van der Waals surface area contributed by atoms with Crippen molar-refractivity contribution in [2.24, 2.45) is 0 Å². The van der Waals surface area contributed by atoms with Gasteiger partial charge in [0.2, 0.25) is 0 Å². The number of methoxy groups -OCH3 is 2. The number of aromatic nitrogens is 3. The molecule has 0 aliphatic heterocycles. The molecule has 4 rings (SSSR count). The fraction of sp³-hybridized carbons (Fsp3) is 0.238. The van der Waals surface area contributed by atoms with Crippen LogP contribution in [0.5, 0.6) is 11.5 Å². The third kappa shape index (κ3) is 2.56. The SMILES string of the molecule is CCCc1nc2n[nH]c(-c3ccccc3)c2c2cc(OC)c(OC)cc12. The lowest BCUT2D eigenvalue weighted by Crippen LogP contribution is -1.96. The molecule has 0 unspecified atom stereocenters. The molecule has 0 atom stereocenters. The fourth-order valence-electron chi connectivity index (χ4n) is 3.42. The molecule has 132 valence electrons. The highest BCUT2D eigenvalue weighted by atomic mass is 16.5. The van der Waals surface area contributed by atoms with Crippen LogP contribution in [0, 0.1) is 0 Å². The summed E-state index contributed by atoms with van der Waals surface area (Å²) in [6.07, 6.45) is 1.90. The number of nitrogens with one attached hydrogen (secondary N) is 1. The first-order chi connectivity index (χ1) is 12.8. The van der Waals surface area contributed by atoms with Crippen molar-refractivity contribution < 1.29 is 9.47 Å². The van der Waals surface area contributed by atoms with Crippen molar-refractivity contribution in [3.8, 4) is 22.8 Å². The van der Waals surface area contributed by atoms with Gasteiger partial charge < -0.3 is 9.47 Å². The first kappa shape index (κ1) is 16.4. The molecule has 5 nitrogen and oxygen atoms in total. The van der Waals surface area contributed by atoms with E-state index in [1.807, 2.05) is 30.3 Å². The maximum Gasteiger partial charge on any atom is 0.182 e. The third-order valence-corrected chi connectivity index (χ3v) is 4.64. The molecule has 0 amide bonds. The number of aromatic amines is 1. The molecule has 0 aliphatic rings. The highest BCUT2D eigenvalue weighted by Crippen LogP contribution is 2.39. The molecule has 5 heteroatoms. The van der Waals surface area contributed by atoms with Gasteiger partial charge in [-0.25, -0.2) is 4.98 Å². The summed E-state index contributed by atoms with van der Waals surface area (Å²) in [5, 5.41) is 10.8. The second kappa shape index (κ2) is 6.67. The van der Waals surface area contributed by atoms with Gasteiger partial charge in [-0.1, -0.05) is 43.7 Å². The summed E-state index contributed by atoms with van der Waals surface area (Å²) in [6.45, 7) is 2.15. The van der Waals surface area contributed by atoms with Gasteiger partial charge in [-0.15, -0.1) is 0 Å². The number of rotatable bonds is 5. The first-order valence-corrected chi connectivity index (χ1v) is 8.75. The Morgan fingerprint density at radius 2 is 1.65 bits per heavy atom. The van der Waals surface area contributed by atoms with E-state index in [1.165, 1.54) is 0 Å². The molecule has 0 saturated carbocycles. The Labute approximate surface area is 152 Å². The molecule has 2 heterocycles. The van der Waals surface area contributed by atoms with Crippen molar-refractivity contribution >= 4 is 21.8 Å². The predicted octanol–water partition coefficient (Wildman–Crippen LogP) is 4.75. The second-order valence-corrected chi connectivity index (χ2v) is 6.22. The van der Waals surface area contributed by atoms with Crippen molar-refractivity contribution in [2.75, 3.05) is 14.2 Å². The van der Waals surface area contributed by atoms with Crippen LogP contribution >= 0.6 is 0 Å². The normalized spacial score (nSPS) is 11.2. The molecule has 0 saturated heterocycles. The van der Waals surface area contributed by atoms with Gasteiger partial charge in [0.25, 0.3) is 0 Å². The van der Waals surface area contributed by atoms with E-state index in [1.54, 1.807) is 14.2 Å². The minimum Gasteiger partial charge on any atom is -0.493 e. The summed E-state index contributed by atoms with van der Waals surface area (Å²) < 4.78 is 11.0. The van der Waals surface area contributed by atoms with E-state index in [0.717, 1.165) is 51.6 Å². The van der Waals surface area contributed by atoms with Crippen LogP contribution in [-0.2, 0) is 6.42 Å². The largest absolute Gasteiger partial charge is 0.493 e. The number of ether oxygens (including phenoxy) is 2. The molecular formula is C21H21N3O2. The monoisotopic (exact) mass is 347 g/mol. The zero-order chi connectivity index (χ0) is 18.1. The lowest BCUT2D eigenvalue weighted by Gasteiger charge is -2.12. The summed E-state index contributed by atoms with van der Waals surface area (Å²) in [6, 6.07) is 14.2. The molecule has 0 fully saturated rings. The van der Waals surface area contributed by atoms with Crippen molar-refractivity contribution in [1.29, 1.82) is 0 Å². The van der Waals surface area contributed by atoms with E-state index in [9.17, 15) is 0 Å². The number of aryl methyl sites for hydroxylation is 1. The fourth-order valence-corrected chi connectivity index (χ4v) is 3.42. The lowest BCUT2D eigenvalue weighted by atomic mass is 10.00. The number of hydrogen-bond donors (Lipinski definition) is 1. The highest BCUT2D eigenvalue weighted by Gasteiger charge is 2.18. The second-order valence-electron chi connectivity index (χ2n) is 6.22. The van der Waals surface area contributed by atoms with Gasteiger partial charge in [-0.05, 0) is 18.6 Å². The molecule has 0 radical (unpaired) electrons. The van der Waals surface area contributed by atoms with Crippen LogP contribution in [0.3, 0.4) is 0 Å². The molecule has 4 aromatic rings. The minimum absolute atomic E-state index is 0.704. The molecule has 0 spiro atoms. The van der Waals surface area contributed by atoms with Crippen molar-refractivity contribution in [2.45, 2.75) is 19.8 Å². The van der Waals surface area contributed by atoms with E-state index in [2.05, 4.69) is 29.3 Å². The van der Waals surface area contributed by atoms with Crippen LogP contribution in [0.4, 0.5) is 0 Å². The average Bonchev–Trinajstić information content (AvgIpc) is 3.12. The molecule has 1 N–H and O–H groups in total. The number of pyridine rings is 1. The lowest BCUT2D eigenvalue weighted by molar-refractivity contribution is 0.356. The van der Waals surface area contributed by atoms with Crippen molar-refractivity contribution in [3.05, 3.63) is 48.2 Å². The topological polar surface area (TPSA) is 60.0 Å². The van der Waals surface area contributed by atoms with Crippen LogP contribution in [0.25, 0.3) is 33.1 Å². The number of nitrogens with zero attached hydrogens (tertiary/aromatic N) is 2. The summed E-state index contributed by atoms with van der Waals surface area (Å²) in [4.78, 5) is 4.83. The van der Waals surface area contributed by atoms with Gasteiger partial charge in [0.1, 0.15) is 0 Å². The summed E-state index contributed by atoms with van der Waals surface area (Å²) in [7, 11) is 3.31. The van der Waals surface area contributed by atoms with Crippen LogP contribution in [0.15, 0.2) is 42.5 Å². The average molecular weight is 347 g/mol.